The molecule has 0 amide bonds. The van der Waals surface area contributed by atoms with E-state index in [1.807, 2.05) is 0 Å². The number of Topliss-reactive ketones (excluding diaryl/α,β-unsaturated/α-hetero) is 1. The van der Waals surface area contributed by atoms with Gasteiger partial charge in [0.2, 0.25) is 0 Å². The summed E-state index contributed by atoms with van der Waals surface area (Å²) in [6.07, 6.45) is -3.48. The second-order valence-electron chi connectivity index (χ2n) is 9.64. The van der Waals surface area contributed by atoms with Crippen LogP contribution in [-0.2, 0) is 19.0 Å². The summed E-state index contributed by atoms with van der Waals surface area (Å²) in [7, 11) is 0. The van der Waals surface area contributed by atoms with Gasteiger partial charge in [0.1, 0.15) is 18.1 Å². The maximum Gasteiger partial charge on any atom is 0.403 e. The van der Waals surface area contributed by atoms with Crippen molar-refractivity contribution in [2.75, 3.05) is 19.8 Å². The van der Waals surface area contributed by atoms with Gasteiger partial charge < -0.3 is 24.4 Å². The lowest BCUT2D eigenvalue weighted by Gasteiger charge is -2.44. The van der Waals surface area contributed by atoms with E-state index in [4.69, 9.17) is 14.2 Å². The fraction of sp³-hybridized carbons (Fsp3) is 0.955. The minimum Gasteiger partial charge on any atom is -0.392 e. The average molecular weight is 466 g/mol. The molecule has 4 rings (SSSR count). The molecule has 0 aromatic rings. The summed E-state index contributed by atoms with van der Waals surface area (Å²) in [6.45, 7) is 0.798. The van der Waals surface area contributed by atoms with E-state index < -0.39 is 42.5 Å². The minimum atomic E-state index is -4.44. The third-order valence-corrected chi connectivity index (χ3v) is 7.62. The van der Waals surface area contributed by atoms with Crippen LogP contribution in [0.3, 0.4) is 0 Å². The van der Waals surface area contributed by atoms with Gasteiger partial charge in [0.25, 0.3) is 0 Å². The van der Waals surface area contributed by atoms with Crippen LogP contribution in [0.1, 0.15) is 51.4 Å². The Kier molecular flexibility index (Phi) is 7.78. The molecule has 2 saturated carbocycles. The van der Waals surface area contributed by atoms with E-state index in [-0.39, 0.29) is 50.0 Å². The van der Waals surface area contributed by atoms with Gasteiger partial charge in [0.15, 0.2) is 6.29 Å². The SMILES string of the molecule is O=C1C2CCC(C2)C(O)C1C(O)C1CCC(C(F)(F)F)NC1OCCOC1CCCCO1. The van der Waals surface area contributed by atoms with Gasteiger partial charge in [-0.05, 0) is 57.3 Å². The standard InChI is InChI=1S/C22H34F3NO6/c23-22(24,25)15-7-6-14(20(29)17-18(27)12-4-5-13(11-12)19(17)28)21(26-15)32-10-9-31-16-3-1-2-8-30-16/h12-18,20-21,26-27,29H,1-11H2. The van der Waals surface area contributed by atoms with Crippen LogP contribution in [0.4, 0.5) is 13.2 Å². The molecule has 2 saturated heterocycles. The molecule has 3 N–H and O–H groups in total. The van der Waals surface area contributed by atoms with Crippen molar-refractivity contribution in [3.63, 3.8) is 0 Å². The first-order valence-electron chi connectivity index (χ1n) is 11.8. The van der Waals surface area contributed by atoms with E-state index in [1.165, 1.54) is 0 Å². The van der Waals surface area contributed by atoms with Crippen LogP contribution >= 0.6 is 0 Å². The number of hydrogen-bond acceptors (Lipinski definition) is 7. The van der Waals surface area contributed by atoms with Crippen molar-refractivity contribution < 1.29 is 42.4 Å². The molecule has 2 heterocycles. The third-order valence-electron chi connectivity index (χ3n) is 7.62. The van der Waals surface area contributed by atoms with E-state index in [0.717, 1.165) is 25.7 Å². The zero-order chi connectivity index (χ0) is 22.9. The Morgan fingerprint density at radius 1 is 1.09 bits per heavy atom. The van der Waals surface area contributed by atoms with Crippen molar-refractivity contribution in [2.45, 2.75) is 88.3 Å². The monoisotopic (exact) mass is 465 g/mol. The molecule has 32 heavy (non-hydrogen) atoms. The van der Waals surface area contributed by atoms with E-state index in [9.17, 15) is 28.2 Å². The number of carbonyl (C=O) groups is 1. The van der Waals surface area contributed by atoms with Gasteiger partial charge in [-0.2, -0.15) is 13.2 Å². The Morgan fingerprint density at radius 3 is 2.59 bits per heavy atom. The highest BCUT2D eigenvalue weighted by molar-refractivity contribution is 5.86. The van der Waals surface area contributed by atoms with Gasteiger partial charge in [-0.1, -0.05) is 0 Å². The number of fused-ring (bicyclic) bond motifs is 2. The number of ether oxygens (including phenoxy) is 3. The summed E-state index contributed by atoms with van der Waals surface area (Å²) in [5.74, 6) is -2.10. The Morgan fingerprint density at radius 2 is 1.88 bits per heavy atom. The van der Waals surface area contributed by atoms with Crippen LogP contribution < -0.4 is 5.32 Å². The molecule has 0 radical (unpaired) electrons. The molecule has 7 nitrogen and oxygen atoms in total. The molecule has 4 aliphatic rings. The highest BCUT2D eigenvalue weighted by Crippen LogP contribution is 2.46. The van der Waals surface area contributed by atoms with Crippen LogP contribution in [0.5, 0.6) is 0 Å². The summed E-state index contributed by atoms with van der Waals surface area (Å²) in [5, 5.41) is 24.3. The average Bonchev–Trinajstić information content (AvgIpc) is 3.23. The van der Waals surface area contributed by atoms with Gasteiger partial charge in [-0.25, -0.2) is 0 Å². The van der Waals surface area contributed by atoms with Gasteiger partial charge in [0, 0.05) is 18.4 Å². The molecule has 2 aliphatic carbocycles. The Hall–Kier alpha value is -0.780. The molecule has 0 spiro atoms. The number of alkyl halides is 3. The molecule has 9 atom stereocenters. The molecule has 4 fully saturated rings. The third kappa shape index (κ3) is 5.31. The molecule has 0 aromatic heterocycles. The normalized spacial score (nSPS) is 41.6. The lowest BCUT2D eigenvalue weighted by Crippen LogP contribution is -2.60. The highest BCUT2D eigenvalue weighted by atomic mass is 19.4. The smallest absolute Gasteiger partial charge is 0.392 e. The zero-order valence-corrected chi connectivity index (χ0v) is 18.1. The van der Waals surface area contributed by atoms with Crippen molar-refractivity contribution in [2.24, 2.45) is 23.7 Å². The first-order chi connectivity index (χ1) is 15.3. The quantitative estimate of drug-likeness (QED) is 0.496. The molecule has 0 aromatic carbocycles. The number of aliphatic hydroxyl groups is 2. The van der Waals surface area contributed by atoms with Crippen molar-refractivity contribution in [1.29, 1.82) is 0 Å². The van der Waals surface area contributed by atoms with Gasteiger partial charge in [-0.3, -0.25) is 10.1 Å². The molecule has 10 heteroatoms. The van der Waals surface area contributed by atoms with Crippen LogP contribution in [0, 0.1) is 23.7 Å². The second-order valence-corrected chi connectivity index (χ2v) is 9.64. The highest BCUT2D eigenvalue weighted by Gasteiger charge is 2.54. The lowest BCUT2D eigenvalue weighted by atomic mass is 9.70. The fourth-order valence-corrected chi connectivity index (χ4v) is 5.85. The molecule has 9 unspecified atom stereocenters. The lowest BCUT2D eigenvalue weighted by molar-refractivity contribution is -0.202. The summed E-state index contributed by atoms with van der Waals surface area (Å²) < 4.78 is 56.8. The van der Waals surface area contributed by atoms with Crippen LogP contribution in [0.15, 0.2) is 0 Å². The largest absolute Gasteiger partial charge is 0.403 e. The zero-order valence-electron chi connectivity index (χ0n) is 18.1. The van der Waals surface area contributed by atoms with Gasteiger partial charge >= 0.3 is 6.18 Å². The summed E-state index contributed by atoms with van der Waals surface area (Å²) >= 11 is 0. The van der Waals surface area contributed by atoms with Crippen molar-refractivity contribution in [1.82, 2.24) is 5.32 Å². The summed E-state index contributed by atoms with van der Waals surface area (Å²) in [5.41, 5.74) is 0. The maximum atomic E-state index is 13.3. The number of aliphatic hydroxyl groups excluding tert-OH is 2. The van der Waals surface area contributed by atoms with Gasteiger partial charge in [-0.15, -0.1) is 0 Å². The second kappa shape index (κ2) is 10.2. The number of carbonyl (C=O) groups excluding carboxylic acids is 1. The maximum absolute atomic E-state index is 13.3. The van der Waals surface area contributed by atoms with Gasteiger partial charge in [0.05, 0.1) is 31.3 Å². The number of piperidine rings is 1. The number of nitrogens with one attached hydrogen (secondary N) is 1. The molecular weight excluding hydrogens is 431 g/mol. The van der Waals surface area contributed by atoms with Crippen molar-refractivity contribution in [3.8, 4) is 0 Å². The molecule has 2 bridgehead atoms. The Labute approximate surface area is 186 Å². The molecular formula is C22H34F3NO6. The van der Waals surface area contributed by atoms with Crippen LogP contribution in [0.25, 0.3) is 0 Å². The number of ketones is 1. The van der Waals surface area contributed by atoms with E-state index in [1.54, 1.807) is 0 Å². The topological polar surface area (TPSA) is 97.3 Å². The van der Waals surface area contributed by atoms with Crippen molar-refractivity contribution >= 4 is 5.78 Å². The predicted molar refractivity (Wildman–Crippen MR) is 106 cm³/mol. The van der Waals surface area contributed by atoms with Crippen molar-refractivity contribution in [3.05, 3.63) is 0 Å². The molecule has 184 valence electrons. The van der Waals surface area contributed by atoms with E-state index in [2.05, 4.69) is 5.32 Å². The van der Waals surface area contributed by atoms with Crippen LogP contribution in [-0.4, -0.2) is 72.8 Å². The number of halogens is 3. The number of hydrogen-bond donors (Lipinski definition) is 3. The number of rotatable bonds is 7. The Balaban J connectivity index is 1.39. The summed E-state index contributed by atoms with van der Waals surface area (Å²) in [6, 6.07) is -1.75. The first kappa shape index (κ1) is 24.3. The minimum absolute atomic E-state index is 0.0255. The van der Waals surface area contributed by atoms with E-state index >= 15 is 0 Å². The summed E-state index contributed by atoms with van der Waals surface area (Å²) in [4.78, 5) is 12.8. The molecule has 2 aliphatic heterocycles. The predicted octanol–water partition coefficient (Wildman–Crippen LogP) is 2.14. The first-order valence-corrected chi connectivity index (χ1v) is 11.8. The fourth-order valence-electron chi connectivity index (χ4n) is 5.85. The van der Waals surface area contributed by atoms with E-state index in [0.29, 0.717) is 19.4 Å². The van der Waals surface area contributed by atoms with Crippen LogP contribution in [0.2, 0.25) is 0 Å². The Bertz CT molecular complexity index is 644.